The molecule has 7 heteroatoms. The molecule has 3 aromatic rings. The SMILES string of the molecule is COc1cc2c(N3CCc4[nH]nc(CO)c4C3)ncnc2cc1C. The van der Waals surface area contributed by atoms with E-state index in [4.69, 9.17) is 4.74 Å². The van der Waals surface area contributed by atoms with Crippen molar-refractivity contribution in [3.05, 3.63) is 41.0 Å². The van der Waals surface area contributed by atoms with E-state index in [9.17, 15) is 5.11 Å². The molecule has 4 rings (SSSR count). The maximum Gasteiger partial charge on any atom is 0.140 e. The van der Waals surface area contributed by atoms with Crippen LogP contribution in [0.15, 0.2) is 18.5 Å². The molecule has 7 nitrogen and oxygen atoms in total. The van der Waals surface area contributed by atoms with Crippen LogP contribution in [0, 0.1) is 6.92 Å². The van der Waals surface area contributed by atoms with Crippen LogP contribution in [0.2, 0.25) is 0 Å². The number of aromatic amines is 1. The minimum atomic E-state index is -0.0583. The predicted octanol–water partition coefficient (Wildman–Crippen LogP) is 1.72. The number of benzene rings is 1. The monoisotopic (exact) mass is 325 g/mol. The zero-order valence-electron chi connectivity index (χ0n) is 13.7. The van der Waals surface area contributed by atoms with Crippen LogP contribution in [0.3, 0.4) is 0 Å². The van der Waals surface area contributed by atoms with Crippen molar-refractivity contribution in [1.29, 1.82) is 0 Å². The first-order chi connectivity index (χ1) is 11.7. The molecule has 0 amide bonds. The van der Waals surface area contributed by atoms with Crippen molar-refractivity contribution < 1.29 is 9.84 Å². The normalized spacial score (nSPS) is 14.0. The number of nitrogens with one attached hydrogen (secondary N) is 1. The molecule has 0 aliphatic carbocycles. The zero-order valence-corrected chi connectivity index (χ0v) is 13.7. The van der Waals surface area contributed by atoms with Gasteiger partial charge in [-0.25, -0.2) is 9.97 Å². The van der Waals surface area contributed by atoms with Crippen LogP contribution in [0.5, 0.6) is 5.75 Å². The van der Waals surface area contributed by atoms with Gasteiger partial charge in [0.1, 0.15) is 17.9 Å². The Kier molecular flexibility index (Phi) is 3.57. The van der Waals surface area contributed by atoms with Gasteiger partial charge in [0.05, 0.1) is 24.9 Å². The third-order valence-electron chi connectivity index (χ3n) is 4.60. The fourth-order valence-electron chi connectivity index (χ4n) is 3.31. The van der Waals surface area contributed by atoms with Crippen molar-refractivity contribution in [3.8, 4) is 5.75 Å². The van der Waals surface area contributed by atoms with Crippen LogP contribution in [-0.2, 0) is 19.6 Å². The summed E-state index contributed by atoms with van der Waals surface area (Å²) >= 11 is 0. The fourth-order valence-corrected chi connectivity index (χ4v) is 3.31. The Morgan fingerprint density at radius 1 is 1.33 bits per heavy atom. The summed E-state index contributed by atoms with van der Waals surface area (Å²) in [4.78, 5) is 11.1. The molecule has 124 valence electrons. The largest absolute Gasteiger partial charge is 0.496 e. The van der Waals surface area contributed by atoms with Gasteiger partial charge in [0, 0.05) is 36.2 Å². The summed E-state index contributed by atoms with van der Waals surface area (Å²) in [7, 11) is 1.67. The average Bonchev–Trinajstić information content (AvgIpc) is 3.02. The van der Waals surface area contributed by atoms with Gasteiger partial charge in [-0.2, -0.15) is 5.10 Å². The number of fused-ring (bicyclic) bond motifs is 2. The minimum absolute atomic E-state index is 0.0583. The van der Waals surface area contributed by atoms with Gasteiger partial charge in [0.25, 0.3) is 0 Å². The number of ether oxygens (including phenoxy) is 1. The van der Waals surface area contributed by atoms with E-state index in [0.717, 1.165) is 52.3 Å². The van der Waals surface area contributed by atoms with Gasteiger partial charge in [0.15, 0.2) is 0 Å². The molecule has 2 N–H and O–H groups in total. The lowest BCUT2D eigenvalue weighted by molar-refractivity contribution is 0.275. The molecule has 1 aliphatic rings. The van der Waals surface area contributed by atoms with Crippen LogP contribution in [0.25, 0.3) is 10.9 Å². The number of methoxy groups -OCH3 is 1. The lowest BCUT2D eigenvalue weighted by Crippen LogP contribution is -2.31. The van der Waals surface area contributed by atoms with Crippen LogP contribution < -0.4 is 9.64 Å². The van der Waals surface area contributed by atoms with Gasteiger partial charge in [-0.3, -0.25) is 5.10 Å². The summed E-state index contributed by atoms with van der Waals surface area (Å²) in [5.41, 5.74) is 4.82. The van der Waals surface area contributed by atoms with Crippen LogP contribution in [0.1, 0.15) is 22.5 Å². The van der Waals surface area contributed by atoms with E-state index in [1.54, 1.807) is 13.4 Å². The third-order valence-corrected chi connectivity index (χ3v) is 4.60. The average molecular weight is 325 g/mol. The summed E-state index contributed by atoms with van der Waals surface area (Å²) < 4.78 is 5.45. The Hall–Kier alpha value is -2.67. The Labute approximate surface area is 139 Å². The van der Waals surface area contributed by atoms with Crippen LogP contribution >= 0.6 is 0 Å². The molecule has 1 aromatic carbocycles. The van der Waals surface area contributed by atoms with E-state index in [1.165, 1.54) is 0 Å². The number of hydrogen-bond acceptors (Lipinski definition) is 6. The molecule has 2 aromatic heterocycles. The quantitative estimate of drug-likeness (QED) is 0.762. The molecule has 0 bridgehead atoms. The van der Waals surface area contributed by atoms with Crippen molar-refractivity contribution in [2.24, 2.45) is 0 Å². The number of hydrogen-bond donors (Lipinski definition) is 2. The highest BCUT2D eigenvalue weighted by atomic mass is 16.5. The van der Waals surface area contributed by atoms with E-state index in [2.05, 4.69) is 25.1 Å². The highest BCUT2D eigenvalue weighted by molar-refractivity contribution is 5.91. The van der Waals surface area contributed by atoms with Gasteiger partial charge < -0.3 is 14.7 Å². The summed E-state index contributed by atoms with van der Waals surface area (Å²) in [6.07, 6.45) is 2.44. The Morgan fingerprint density at radius 3 is 3.00 bits per heavy atom. The molecule has 24 heavy (non-hydrogen) atoms. The number of rotatable bonds is 3. The summed E-state index contributed by atoms with van der Waals surface area (Å²) in [6, 6.07) is 4.02. The smallest absolute Gasteiger partial charge is 0.140 e. The summed E-state index contributed by atoms with van der Waals surface area (Å²) in [6.45, 7) is 3.45. The van der Waals surface area contributed by atoms with E-state index in [0.29, 0.717) is 12.2 Å². The van der Waals surface area contributed by atoms with Crippen molar-refractivity contribution in [2.75, 3.05) is 18.6 Å². The maximum atomic E-state index is 9.47. The molecule has 0 radical (unpaired) electrons. The van der Waals surface area contributed by atoms with Crippen LogP contribution in [-0.4, -0.2) is 38.9 Å². The van der Waals surface area contributed by atoms with E-state index >= 15 is 0 Å². The summed E-state index contributed by atoms with van der Waals surface area (Å²) in [5, 5.41) is 17.7. The number of H-pyrrole nitrogens is 1. The number of anilines is 1. The number of aryl methyl sites for hydroxylation is 1. The third kappa shape index (κ3) is 2.28. The second-order valence-electron chi connectivity index (χ2n) is 5.99. The van der Waals surface area contributed by atoms with E-state index in [-0.39, 0.29) is 6.61 Å². The molecule has 0 spiro atoms. The predicted molar refractivity (Wildman–Crippen MR) is 90.1 cm³/mol. The van der Waals surface area contributed by atoms with Crippen LogP contribution in [0.4, 0.5) is 5.82 Å². The topological polar surface area (TPSA) is 87.2 Å². The zero-order chi connectivity index (χ0) is 16.7. The second-order valence-corrected chi connectivity index (χ2v) is 5.99. The molecule has 0 fully saturated rings. The minimum Gasteiger partial charge on any atom is -0.496 e. The molecule has 3 heterocycles. The summed E-state index contributed by atoms with van der Waals surface area (Å²) in [5.74, 6) is 1.71. The molecular formula is C17H19N5O2. The maximum absolute atomic E-state index is 9.47. The van der Waals surface area contributed by atoms with Crippen molar-refractivity contribution >= 4 is 16.7 Å². The Bertz CT molecular complexity index is 892. The highest BCUT2D eigenvalue weighted by Gasteiger charge is 2.24. The van der Waals surface area contributed by atoms with Gasteiger partial charge >= 0.3 is 0 Å². The number of aliphatic hydroxyl groups excluding tert-OH is 1. The van der Waals surface area contributed by atoms with E-state index < -0.39 is 0 Å². The highest BCUT2D eigenvalue weighted by Crippen LogP contribution is 2.32. The number of nitrogens with zero attached hydrogens (tertiary/aromatic N) is 4. The molecule has 0 saturated carbocycles. The second kappa shape index (κ2) is 5.76. The van der Waals surface area contributed by atoms with Crippen molar-refractivity contribution in [1.82, 2.24) is 20.2 Å². The first-order valence-electron chi connectivity index (χ1n) is 7.91. The fraction of sp³-hybridized carbons (Fsp3) is 0.353. The molecular weight excluding hydrogens is 306 g/mol. The molecule has 1 aliphatic heterocycles. The van der Waals surface area contributed by atoms with Crippen molar-refractivity contribution in [3.63, 3.8) is 0 Å². The lowest BCUT2D eigenvalue weighted by Gasteiger charge is -2.29. The van der Waals surface area contributed by atoms with Gasteiger partial charge in [-0.1, -0.05) is 0 Å². The standard InChI is InChI=1S/C17H19N5O2/c1-10-5-14-11(6-16(10)24-2)17(19-9-18-14)22-4-3-13-12(7-22)15(8-23)21-20-13/h5-6,9,23H,3-4,7-8H2,1-2H3,(H,20,21). The molecule has 0 unspecified atom stereocenters. The van der Waals surface area contributed by atoms with Gasteiger partial charge in [0.2, 0.25) is 0 Å². The lowest BCUT2D eigenvalue weighted by atomic mass is 10.0. The Morgan fingerprint density at radius 2 is 2.21 bits per heavy atom. The first kappa shape index (κ1) is 14.9. The van der Waals surface area contributed by atoms with E-state index in [1.807, 2.05) is 19.1 Å². The van der Waals surface area contributed by atoms with Gasteiger partial charge in [-0.05, 0) is 24.6 Å². The molecule has 0 atom stereocenters. The van der Waals surface area contributed by atoms with Crippen molar-refractivity contribution in [2.45, 2.75) is 26.5 Å². The first-order valence-corrected chi connectivity index (χ1v) is 7.91. The Balaban J connectivity index is 1.79. The number of aliphatic hydroxyl groups is 1. The number of aromatic nitrogens is 4. The van der Waals surface area contributed by atoms with Gasteiger partial charge in [-0.15, -0.1) is 0 Å². The molecule has 0 saturated heterocycles.